The molecule has 6 nitrogen and oxygen atoms in total. The first-order chi connectivity index (χ1) is 12.2. The van der Waals surface area contributed by atoms with Crippen LogP contribution in [0.1, 0.15) is 31.4 Å². The van der Waals surface area contributed by atoms with Gasteiger partial charge in [0.1, 0.15) is 5.76 Å². The highest BCUT2D eigenvalue weighted by Crippen LogP contribution is 2.18. The van der Waals surface area contributed by atoms with Gasteiger partial charge in [0.25, 0.3) is 0 Å². The zero-order valence-corrected chi connectivity index (χ0v) is 15.4. The Labute approximate surface area is 150 Å². The van der Waals surface area contributed by atoms with Crippen molar-refractivity contribution in [3.63, 3.8) is 0 Å². The first kappa shape index (κ1) is 18.4. The van der Waals surface area contributed by atoms with Crippen molar-refractivity contribution in [1.29, 1.82) is 0 Å². The monoisotopic (exact) mass is 349 g/mol. The number of nitrogens with zero attached hydrogens (tertiary/aromatic N) is 3. The summed E-state index contributed by atoms with van der Waals surface area (Å²) in [5, 5.41) is 0. The van der Waals surface area contributed by atoms with E-state index in [2.05, 4.69) is 16.8 Å². The molecule has 6 heteroatoms. The normalized spacial score (nSPS) is 23.3. The second kappa shape index (κ2) is 9.36. The van der Waals surface area contributed by atoms with Crippen LogP contribution in [0.4, 0.5) is 0 Å². The number of carbonyl (C=O) groups excluding carboxylic acids is 1. The number of hydrogen-bond donors (Lipinski definition) is 0. The summed E-state index contributed by atoms with van der Waals surface area (Å²) in [4.78, 5) is 19.9. The van der Waals surface area contributed by atoms with E-state index < -0.39 is 0 Å². The summed E-state index contributed by atoms with van der Waals surface area (Å²) in [6.07, 6.45) is 6.18. The lowest BCUT2D eigenvalue weighted by atomic mass is 10.1. The van der Waals surface area contributed by atoms with Gasteiger partial charge < -0.3 is 14.1 Å². The van der Waals surface area contributed by atoms with E-state index in [1.807, 2.05) is 17.0 Å². The van der Waals surface area contributed by atoms with Gasteiger partial charge in [-0.3, -0.25) is 14.6 Å². The molecule has 0 radical (unpaired) electrons. The number of amides is 1. The van der Waals surface area contributed by atoms with Crippen LogP contribution in [0.2, 0.25) is 0 Å². The summed E-state index contributed by atoms with van der Waals surface area (Å²) < 4.78 is 10.9. The molecule has 0 aromatic carbocycles. The van der Waals surface area contributed by atoms with Crippen LogP contribution in [-0.2, 0) is 16.1 Å². The summed E-state index contributed by atoms with van der Waals surface area (Å²) in [5.74, 6) is 1.10. The standard InChI is InChI=1S/C19H31N3O3/c1-20-8-4-2-3-7-18(20)19(23)22(16-17-6-5-13-25-17)10-9-21-11-14-24-15-12-21/h5-6,13,18H,2-4,7-12,14-16H2,1H3/t18-/m1/s1. The highest BCUT2D eigenvalue weighted by Gasteiger charge is 2.29. The smallest absolute Gasteiger partial charge is 0.240 e. The Bertz CT molecular complexity index is 514. The Morgan fingerprint density at radius 2 is 2.08 bits per heavy atom. The number of rotatable bonds is 6. The summed E-state index contributed by atoms with van der Waals surface area (Å²) in [5.41, 5.74) is 0. The van der Waals surface area contributed by atoms with Crippen LogP contribution in [0, 0.1) is 0 Å². The number of furan rings is 1. The number of morpholine rings is 1. The SMILES string of the molecule is CN1CCCCC[C@@H]1C(=O)N(CCN1CCOCC1)Cc1ccco1. The molecule has 0 spiro atoms. The average Bonchev–Trinajstić information content (AvgIpc) is 3.05. The second-order valence-electron chi connectivity index (χ2n) is 7.14. The fourth-order valence-corrected chi connectivity index (χ4v) is 3.72. The average molecular weight is 349 g/mol. The maximum atomic E-state index is 13.3. The number of ether oxygens (including phenoxy) is 1. The Morgan fingerprint density at radius 1 is 1.24 bits per heavy atom. The van der Waals surface area contributed by atoms with E-state index >= 15 is 0 Å². The van der Waals surface area contributed by atoms with E-state index in [0.717, 1.165) is 64.5 Å². The van der Waals surface area contributed by atoms with Crippen molar-refractivity contribution >= 4 is 5.91 Å². The highest BCUT2D eigenvalue weighted by molar-refractivity contribution is 5.81. The van der Waals surface area contributed by atoms with Crippen molar-refractivity contribution in [3.05, 3.63) is 24.2 Å². The van der Waals surface area contributed by atoms with Gasteiger partial charge in [0.15, 0.2) is 0 Å². The third-order valence-corrected chi connectivity index (χ3v) is 5.33. The molecule has 2 fully saturated rings. The molecule has 3 rings (SSSR count). The van der Waals surface area contributed by atoms with Gasteiger partial charge in [0.05, 0.1) is 32.1 Å². The largest absolute Gasteiger partial charge is 0.467 e. The predicted molar refractivity (Wildman–Crippen MR) is 96.3 cm³/mol. The Hall–Kier alpha value is -1.37. The van der Waals surface area contributed by atoms with Gasteiger partial charge in [-0.1, -0.05) is 12.8 Å². The van der Waals surface area contributed by atoms with Gasteiger partial charge in [-0.05, 0) is 38.6 Å². The van der Waals surface area contributed by atoms with Crippen molar-refractivity contribution in [2.75, 3.05) is 53.0 Å². The van der Waals surface area contributed by atoms with E-state index in [4.69, 9.17) is 9.15 Å². The Morgan fingerprint density at radius 3 is 2.84 bits per heavy atom. The Balaban J connectivity index is 1.64. The van der Waals surface area contributed by atoms with Gasteiger partial charge in [-0.25, -0.2) is 0 Å². The molecule has 3 heterocycles. The number of likely N-dealkylation sites (tertiary alicyclic amines) is 1. The second-order valence-corrected chi connectivity index (χ2v) is 7.14. The lowest BCUT2D eigenvalue weighted by Crippen LogP contribution is -2.49. The molecular formula is C19H31N3O3. The van der Waals surface area contributed by atoms with Crippen LogP contribution in [-0.4, -0.2) is 79.6 Å². The number of carbonyl (C=O) groups is 1. The molecular weight excluding hydrogens is 318 g/mol. The van der Waals surface area contributed by atoms with Gasteiger partial charge in [-0.2, -0.15) is 0 Å². The molecule has 0 aliphatic carbocycles. The van der Waals surface area contributed by atoms with Crippen molar-refractivity contribution in [1.82, 2.24) is 14.7 Å². The summed E-state index contributed by atoms with van der Waals surface area (Å²) in [6.45, 7) is 6.68. The molecule has 140 valence electrons. The summed E-state index contributed by atoms with van der Waals surface area (Å²) in [6, 6.07) is 3.84. The predicted octanol–water partition coefficient (Wildman–Crippen LogP) is 1.81. The zero-order chi connectivity index (χ0) is 17.5. The first-order valence-corrected chi connectivity index (χ1v) is 9.55. The molecule has 1 amide bonds. The van der Waals surface area contributed by atoms with Gasteiger partial charge in [-0.15, -0.1) is 0 Å². The molecule has 0 N–H and O–H groups in total. The van der Waals surface area contributed by atoms with Crippen molar-refractivity contribution in [3.8, 4) is 0 Å². The lowest BCUT2D eigenvalue weighted by molar-refractivity contribution is -0.138. The van der Waals surface area contributed by atoms with Gasteiger partial charge in [0.2, 0.25) is 5.91 Å². The molecule has 25 heavy (non-hydrogen) atoms. The van der Waals surface area contributed by atoms with Crippen LogP contribution in [0.15, 0.2) is 22.8 Å². The van der Waals surface area contributed by atoms with E-state index in [0.29, 0.717) is 6.54 Å². The minimum atomic E-state index is 0.00199. The maximum absolute atomic E-state index is 13.3. The molecule has 2 saturated heterocycles. The van der Waals surface area contributed by atoms with Crippen LogP contribution < -0.4 is 0 Å². The van der Waals surface area contributed by atoms with Crippen molar-refractivity contribution in [2.45, 2.75) is 38.3 Å². The van der Waals surface area contributed by atoms with E-state index in [1.54, 1.807) is 6.26 Å². The van der Waals surface area contributed by atoms with E-state index in [-0.39, 0.29) is 11.9 Å². The van der Waals surface area contributed by atoms with Crippen LogP contribution in [0.25, 0.3) is 0 Å². The Kier molecular flexibility index (Phi) is 6.90. The lowest BCUT2D eigenvalue weighted by Gasteiger charge is -2.33. The van der Waals surface area contributed by atoms with Crippen molar-refractivity contribution in [2.24, 2.45) is 0 Å². The molecule has 2 aliphatic rings. The van der Waals surface area contributed by atoms with Crippen LogP contribution in [0.5, 0.6) is 0 Å². The quantitative estimate of drug-likeness (QED) is 0.784. The molecule has 2 aliphatic heterocycles. The number of hydrogen-bond acceptors (Lipinski definition) is 5. The summed E-state index contributed by atoms with van der Waals surface area (Å²) >= 11 is 0. The maximum Gasteiger partial charge on any atom is 0.240 e. The van der Waals surface area contributed by atoms with Crippen LogP contribution >= 0.6 is 0 Å². The third kappa shape index (κ3) is 5.30. The van der Waals surface area contributed by atoms with Gasteiger partial charge >= 0.3 is 0 Å². The fraction of sp³-hybridized carbons (Fsp3) is 0.737. The van der Waals surface area contributed by atoms with Crippen LogP contribution in [0.3, 0.4) is 0 Å². The van der Waals surface area contributed by atoms with Gasteiger partial charge in [0, 0.05) is 26.2 Å². The first-order valence-electron chi connectivity index (χ1n) is 9.55. The topological polar surface area (TPSA) is 49.2 Å². The molecule has 1 atom stereocenters. The van der Waals surface area contributed by atoms with E-state index in [1.165, 1.54) is 12.8 Å². The third-order valence-electron chi connectivity index (χ3n) is 5.33. The highest BCUT2D eigenvalue weighted by atomic mass is 16.5. The zero-order valence-electron chi connectivity index (χ0n) is 15.4. The fourth-order valence-electron chi connectivity index (χ4n) is 3.72. The molecule has 1 aromatic rings. The molecule has 0 unspecified atom stereocenters. The summed E-state index contributed by atoms with van der Waals surface area (Å²) in [7, 11) is 2.08. The van der Waals surface area contributed by atoms with Crippen molar-refractivity contribution < 1.29 is 13.9 Å². The molecule has 1 aromatic heterocycles. The molecule has 0 saturated carbocycles. The van der Waals surface area contributed by atoms with E-state index in [9.17, 15) is 4.79 Å². The minimum Gasteiger partial charge on any atom is -0.467 e. The molecule has 0 bridgehead atoms. The minimum absolute atomic E-state index is 0.00199. The number of likely N-dealkylation sites (N-methyl/N-ethyl adjacent to an activating group) is 1.